The number of nitrogens with zero attached hydrogens (tertiary/aromatic N) is 2. The van der Waals surface area contributed by atoms with Crippen LogP contribution < -0.4 is 0 Å². The Morgan fingerprint density at radius 2 is 2.38 bits per heavy atom. The molecule has 0 radical (unpaired) electrons. The van der Waals surface area contributed by atoms with Crippen LogP contribution in [0, 0.1) is 0 Å². The molecule has 8 heavy (non-hydrogen) atoms. The molecule has 0 aliphatic rings. The van der Waals surface area contributed by atoms with Crippen LogP contribution in [0.25, 0.3) is 0 Å². The largest absolute Gasteiger partial charge is 0.268 e. The van der Waals surface area contributed by atoms with Crippen molar-refractivity contribution in [2.45, 2.75) is 6.92 Å². The van der Waals surface area contributed by atoms with Crippen LogP contribution in [0.15, 0.2) is 9.98 Å². The Morgan fingerprint density at radius 1 is 1.75 bits per heavy atom. The third-order valence-electron chi connectivity index (χ3n) is 0.654. The molecular formula is C5H9FN2. The predicted molar refractivity (Wildman–Crippen MR) is 33.5 cm³/mol. The molecule has 0 rings (SSSR count). The van der Waals surface area contributed by atoms with E-state index in [4.69, 9.17) is 0 Å². The van der Waals surface area contributed by atoms with Crippen LogP contribution >= 0.6 is 0 Å². The van der Waals surface area contributed by atoms with E-state index in [1.807, 2.05) is 0 Å². The number of alkyl halides is 1. The summed E-state index contributed by atoms with van der Waals surface area (Å²) < 4.78 is 11.3. The molecule has 0 fully saturated rings. The highest BCUT2D eigenvalue weighted by molar-refractivity contribution is 5.83. The molecule has 0 aromatic heterocycles. The second-order valence-electron chi connectivity index (χ2n) is 1.28. The zero-order chi connectivity index (χ0) is 6.41. The highest BCUT2D eigenvalue weighted by Gasteiger charge is 1.79. The Kier molecular flexibility index (Phi) is 4.03. The maximum Gasteiger partial charge on any atom is 0.119 e. The van der Waals surface area contributed by atoms with Crippen molar-refractivity contribution >= 4 is 12.6 Å². The quantitative estimate of drug-likeness (QED) is 0.381. The third kappa shape index (κ3) is 3.46. The van der Waals surface area contributed by atoms with E-state index in [1.165, 1.54) is 0 Å². The maximum atomic E-state index is 11.3. The normalized spacial score (nSPS) is 11.5. The van der Waals surface area contributed by atoms with E-state index in [1.54, 1.807) is 6.92 Å². The Hall–Kier alpha value is -0.730. The Labute approximate surface area is 48.2 Å². The first-order valence-corrected chi connectivity index (χ1v) is 2.35. The minimum atomic E-state index is -0.424. The van der Waals surface area contributed by atoms with Gasteiger partial charge in [-0.1, -0.05) is 0 Å². The molecule has 0 aliphatic carbocycles. The number of amidine groups is 1. The van der Waals surface area contributed by atoms with E-state index in [-0.39, 0.29) is 6.54 Å². The first kappa shape index (κ1) is 7.27. The molecule has 0 bridgehead atoms. The van der Waals surface area contributed by atoms with Crippen LogP contribution in [0.2, 0.25) is 0 Å². The summed E-state index contributed by atoms with van der Waals surface area (Å²) in [6.45, 7) is 4.67. The van der Waals surface area contributed by atoms with Crippen molar-refractivity contribution in [1.82, 2.24) is 0 Å². The Balaban J connectivity index is 3.40. The lowest BCUT2D eigenvalue weighted by molar-refractivity contribution is 0.505. The number of aliphatic imine (C=N–C) groups is 2. The summed E-state index contributed by atoms with van der Waals surface area (Å²) in [6.07, 6.45) is 0. The van der Waals surface area contributed by atoms with E-state index in [9.17, 15) is 4.39 Å². The second-order valence-corrected chi connectivity index (χ2v) is 1.28. The Bertz CT molecular complexity index is 98.6. The summed E-state index contributed by atoms with van der Waals surface area (Å²) in [4.78, 5) is 7.13. The van der Waals surface area contributed by atoms with E-state index in [2.05, 4.69) is 16.7 Å². The van der Waals surface area contributed by atoms with Crippen LogP contribution in [-0.4, -0.2) is 25.8 Å². The SMILES string of the molecule is C=NC(C)=NCCF. The number of halogens is 1. The van der Waals surface area contributed by atoms with Gasteiger partial charge >= 0.3 is 0 Å². The van der Waals surface area contributed by atoms with Crippen molar-refractivity contribution < 1.29 is 4.39 Å². The lowest BCUT2D eigenvalue weighted by Gasteiger charge is -1.85. The smallest absolute Gasteiger partial charge is 0.119 e. The van der Waals surface area contributed by atoms with Crippen molar-refractivity contribution in [3.05, 3.63) is 0 Å². The molecule has 0 heterocycles. The van der Waals surface area contributed by atoms with Gasteiger partial charge in [-0.25, -0.2) is 9.38 Å². The summed E-state index contributed by atoms with van der Waals surface area (Å²) in [5, 5.41) is 0. The van der Waals surface area contributed by atoms with Crippen molar-refractivity contribution in [2.75, 3.05) is 13.2 Å². The summed E-state index contributed by atoms with van der Waals surface area (Å²) in [5.74, 6) is 0.544. The lowest BCUT2D eigenvalue weighted by atomic mass is 10.6. The first-order valence-electron chi connectivity index (χ1n) is 2.35. The highest BCUT2D eigenvalue weighted by atomic mass is 19.1. The number of hydrogen-bond acceptors (Lipinski definition) is 1. The second kappa shape index (κ2) is 4.43. The van der Waals surface area contributed by atoms with Gasteiger partial charge in [0.2, 0.25) is 0 Å². The van der Waals surface area contributed by atoms with E-state index in [0.29, 0.717) is 5.84 Å². The first-order chi connectivity index (χ1) is 3.81. The van der Waals surface area contributed by atoms with E-state index in [0.717, 1.165) is 0 Å². The van der Waals surface area contributed by atoms with Crippen LogP contribution in [0.5, 0.6) is 0 Å². The fourth-order valence-electron chi connectivity index (χ4n) is 0.254. The zero-order valence-corrected chi connectivity index (χ0v) is 4.89. The van der Waals surface area contributed by atoms with Gasteiger partial charge in [0.05, 0.1) is 6.54 Å². The minimum Gasteiger partial charge on any atom is -0.268 e. The molecule has 0 atom stereocenters. The van der Waals surface area contributed by atoms with Crippen LogP contribution in [0.4, 0.5) is 4.39 Å². The van der Waals surface area contributed by atoms with Gasteiger partial charge in [0, 0.05) is 0 Å². The lowest BCUT2D eigenvalue weighted by Crippen LogP contribution is -1.88. The van der Waals surface area contributed by atoms with Crippen molar-refractivity contribution in [2.24, 2.45) is 9.98 Å². The minimum absolute atomic E-state index is 0.199. The monoisotopic (exact) mass is 116 g/mol. The zero-order valence-electron chi connectivity index (χ0n) is 4.89. The van der Waals surface area contributed by atoms with E-state index < -0.39 is 6.67 Å². The molecule has 0 unspecified atom stereocenters. The summed E-state index contributed by atoms with van der Waals surface area (Å²) in [7, 11) is 0. The molecule has 0 spiro atoms. The average Bonchev–Trinajstić information content (AvgIpc) is 1.83. The van der Waals surface area contributed by atoms with Gasteiger partial charge in [0.1, 0.15) is 12.5 Å². The molecule has 46 valence electrons. The summed E-state index contributed by atoms with van der Waals surface area (Å²) in [5.41, 5.74) is 0. The molecule has 0 saturated carbocycles. The fraction of sp³-hybridized carbons (Fsp3) is 0.600. The van der Waals surface area contributed by atoms with Gasteiger partial charge < -0.3 is 0 Å². The molecular weight excluding hydrogens is 107 g/mol. The maximum absolute atomic E-state index is 11.3. The predicted octanol–water partition coefficient (Wildman–Crippen LogP) is 1.07. The van der Waals surface area contributed by atoms with Gasteiger partial charge in [-0.15, -0.1) is 0 Å². The molecule has 0 aromatic carbocycles. The van der Waals surface area contributed by atoms with Gasteiger partial charge in [-0.2, -0.15) is 0 Å². The molecule has 0 aliphatic heterocycles. The van der Waals surface area contributed by atoms with E-state index >= 15 is 0 Å². The summed E-state index contributed by atoms with van der Waals surface area (Å²) >= 11 is 0. The van der Waals surface area contributed by atoms with Crippen LogP contribution in [0.3, 0.4) is 0 Å². The summed E-state index contributed by atoms with van der Waals surface area (Å²) in [6, 6.07) is 0. The number of rotatable bonds is 2. The van der Waals surface area contributed by atoms with Crippen molar-refractivity contribution in [3.63, 3.8) is 0 Å². The average molecular weight is 116 g/mol. The molecule has 0 aromatic rings. The highest BCUT2D eigenvalue weighted by Crippen LogP contribution is 1.77. The molecule has 0 amide bonds. The van der Waals surface area contributed by atoms with Gasteiger partial charge in [0.15, 0.2) is 0 Å². The third-order valence-corrected chi connectivity index (χ3v) is 0.654. The van der Waals surface area contributed by atoms with Gasteiger partial charge in [-0.05, 0) is 13.6 Å². The molecule has 0 N–H and O–H groups in total. The standard InChI is InChI=1S/C5H9FN2/c1-5(7-2)8-4-3-6/h2-4H2,1H3. The van der Waals surface area contributed by atoms with Gasteiger partial charge in [0.25, 0.3) is 0 Å². The fourth-order valence-corrected chi connectivity index (χ4v) is 0.254. The van der Waals surface area contributed by atoms with Crippen LogP contribution in [0.1, 0.15) is 6.92 Å². The topological polar surface area (TPSA) is 24.7 Å². The molecule has 2 nitrogen and oxygen atoms in total. The molecule has 3 heteroatoms. The van der Waals surface area contributed by atoms with Crippen molar-refractivity contribution in [1.29, 1.82) is 0 Å². The van der Waals surface area contributed by atoms with Gasteiger partial charge in [-0.3, -0.25) is 4.99 Å². The molecule has 0 saturated heterocycles. The Morgan fingerprint density at radius 3 is 2.75 bits per heavy atom. The number of hydrogen-bond donors (Lipinski definition) is 0. The van der Waals surface area contributed by atoms with Crippen molar-refractivity contribution in [3.8, 4) is 0 Å². The van der Waals surface area contributed by atoms with Crippen LogP contribution in [-0.2, 0) is 0 Å².